The van der Waals surface area contributed by atoms with Crippen molar-refractivity contribution in [3.63, 3.8) is 0 Å². The lowest BCUT2D eigenvalue weighted by atomic mass is 10.2. The molecule has 0 saturated carbocycles. The molecule has 0 aliphatic rings. The second-order valence-corrected chi connectivity index (χ2v) is 6.72. The van der Waals surface area contributed by atoms with E-state index >= 15 is 0 Å². The zero-order valence-corrected chi connectivity index (χ0v) is 14.9. The van der Waals surface area contributed by atoms with Crippen LogP contribution < -0.4 is 16.4 Å². The second kappa shape index (κ2) is 6.60. The fourth-order valence-corrected chi connectivity index (χ4v) is 3.63. The Hall–Kier alpha value is -2.81. The Balaban J connectivity index is 1.76. The van der Waals surface area contributed by atoms with E-state index in [1.54, 1.807) is 20.9 Å². The Bertz CT molecular complexity index is 1080. The summed E-state index contributed by atoms with van der Waals surface area (Å²) < 4.78 is 1.39. The number of thiophene rings is 1. The van der Waals surface area contributed by atoms with Gasteiger partial charge in [0.05, 0.1) is 16.6 Å². The number of aromatic nitrogens is 4. The van der Waals surface area contributed by atoms with Gasteiger partial charge in [0, 0.05) is 31.8 Å². The first-order valence-corrected chi connectivity index (χ1v) is 8.48. The standard InChI is InChI=1S/C16H17N5O3S/c1-8-12-15(18-7-21(3)16(12)24)25-13(8)14(23)17-5-4-10-6-11(22)20-9(2)19-10/h6-7H,4-5H2,1-3H3,(H,17,23)(H,19,20,22). The molecule has 0 atom stereocenters. The average molecular weight is 359 g/mol. The van der Waals surface area contributed by atoms with Crippen LogP contribution in [0.1, 0.15) is 26.8 Å². The molecule has 25 heavy (non-hydrogen) atoms. The van der Waals surface area contributed by atoms with E-state index in [-0.39, 0.29) is 17.0 Å². The number of H-pyrrole nitrogens is 1. The maximum Gasteiger partial charge on any atom is 0.262 e. The van der Waals surface area contributed by atoms with E-state index < -0.39 is 0 Å². The van der Waals surface area contributed by atoms with Crippen LogP contribution in [0.2, 0.25) is 0 Å². The zero-order valence-electron chi connectivity index (χ0n) is 14.0. The highest BCUT2D eigenvalue weighted by atomic mass is 32.1. The van der Waals surface area contributed by atoms with E-state index in [0.29, 0.717) is 45.1 Å². The van der Waals surface area contributed by atoms with Crippen molar-refractivity contribution in [3.05, 3.63) is 55.1 Å². The Morgan fingerprint density at radius 3 is 2.84 bits per heavy atom. The van der Waals surface area contributed by atoms with Crippen LogP contribution in [0.4, 0.5) is 0 Å². The molecule has 0 unspecified atom stereocenters. The van der Waals surface area contributed by atoms with Gasteiger partial charge >= 0.3 is 0 Å². The maximum atomic E-state index is 12.4. The molecule has 8 nitrogen and oxygen atoms in total. The first-order chi connectivity index (χ1) is 11.9. The molecule has 9 heteroatoms. The van der Waals surface area contributed by atoms with Crippen molar-refractivity contribution >= 4 is 27.5 Å². The van der Waals surface area contributed by atoms with Crippen molar-refractivity contribution in [2.24, 2.45) is 7.05 Å². The summed E-state index contributed by atoms with van der Waals surface area (Å²) in [6.07, 6.45) is 1.89. The van der Waals surface area contributed by atoms with Crippen LogP contribution >= 0.6 is 11.3 Å². The van der Waals surface area contributed by atoms with Crippen molar-refractivity contribution in [1.82, 2.24) is 24.8 Å². The van der Waals surface area contributed by atoms with Crippen LogP contribution in [-0.4, -0.2) is 32.0 Å². The second-order valence-electron chi connectivity index (χ2n) is 5.73. The van der Waals surface area contributed by atoms with Crippen LogP contribution in [0.25, 0.3) is 10.2 Å². The lowest BCUT2D eigenvalue weighted by Crippen LogP contribution is -2.26. The Kier molecular flexibility index (Phi) is 4.49. The molecule has 0 bridgehead atoms. The number of nitrogens with zero attached hydrogens (tertiary/aromatic N) is 3. The average Bonchev–Trinajstić information content (AvgIpc) is 2.87. The summed E-state index contributed by atoms with van der Waals surface area (Å²) in [4.78, 5) is 48.1. The summed E-state index contributed by atoms with van der Waals surface area (Å²) in [7, 11) is 1.63. The smallest absolute Gasteiger partial charge is 0.262 e. The lowest BCUT2D eigenvalue weighted by Gasteiger charge is -2.04. The van der Waals surface area contributed by atoms with Crippen LogP contribution in [0.15, 0.2) is 22.0 Å². The lowest BCUT2D eigenvalue weighted by molar-refractivity contribution is 0.0957. The van der Waals surface area contributed by atoms with Gasteiger partial charge in [-0.25, -0.2) is 9.97 Å². The summed E-state index contributed by atoms with van der Waals surface area (Å²) in [6, 6.07) is 1.41. The Morgan fingerprint density at radius 1 is 1.36 bits per heavy atom. The quantitative estimate of drug-likeness (QED) is 0.711. The van der Waals surface area contributed by atoms with Crippen LogP contribution in [-0.2, 0) is 13.5 Å². The highest BCUT2D eigenvalue weighted by molar-refractivity contribution is 7.20. The molecule has 3 rings (SSSR count). The third-order valence-corrected chi connectivity index (χ3v) is 5.00. The van der Waals surface area contributed by atoms with Crippen LogP contribution in [0.3, 0.4) is 0 Å². The number of aromatic amines is 1. The minimum absolute atomic E-state index is 0.166. The Morgan fingerprint density at radius 2 is 2.12 bits per heavy atom. The minimum atomic E-state index is -0.260. The van der Waals surface area contributed by atoms with Crippen molar-refractivity contribution in [1.29, 1.82) is 0 Å². The van der Waals surface area contributed by atoms with Gasteiger partial charge in [-0.05, 0) is 19.4 Å². The van der Waals surface area contributed by atoms with Gasteiger partial charge in [-0.15, -0.1) is 11.3 Å². The SMILES string of the molecule is Cc1nc(CCNC(=O)c2sc3ncn(C)c(=O)c3c2C)cc(=O)[nH]1. The van der Waals surface area contributed by atoms with E-state index in [2.05, 4.69) is 20.3 Å². The monoisotopic (exact) mass is 359 g/mol. The number of rotatable bonds is 4. The first-order valence-electron chi connectivity index (χ1n) is 7.66. The van der Waals surface area contributed by atoms with Gasteiger partial charge in [0.15, 0.2) is 0 Å². The predicted octanol–water partition coefficient (Wildman–Crippen LogP) is 0.668. The number of carbonyl (C=O) groups excluding carboxylic acids is 1. The van der Waals surface area contributed by atoms with Gasteiger partial charge in [0.1, 0.15) is 10.7 Å². The molecule has 2 N–H and O–H groups in total. The molecule has 0 spiro atoms. The number of fused-ring (bicyclic) bond motifs is 1. The molecule has 3 heterocycles. The number of carbonyl (C=O) groups is 1. The van der Waals surface area contributed by atoms with Gasteiger partial charge < -0.3 is 14.9 Å². The summed E-state index contributed by atoms with van der Waals surface area (Å²) in [5.74, 6) is 0.278. The van der Waals surface area contributed by atoms with Gasteiger partial charge in [-0.2, -0.15) is 0 Å². The van der Waals surface area contributed by atoms with Gasteiger partial charge in [-0.3, -0.25) is 14.4 Å². The normalized spacial score (nSPS) is 11.0. The molecule has 0 aromatic carbocycles. The van der Waals surface area contributed by atoms with Crippen molar-refractivity contribution in [2.45, 2.75) is 20.3 Å². The highest BCUT2D eigenvalue weighted by Gasteiger charge is 2.18. The largest absolute Gasteiger partial charge is 0.351 e. The van der Waals surface area contributed by atoms with Crippen LogP contribution in [0.5, 0.6) is 0 Å². The topological polar surface area (TPSA) is 110 Å². The molecule has 0 aliphatic carbocycles. The molecule has 0 radical (unpaired) electrons. The van der Waals surface area contributed by atoms with E-state index in [1.165, 1.54) is 28.3 Å². The molecule has 130 valence electrons. The number of aryl methyl sites for hydroxylation is 3. The van der Waals surface area contributed by atoms with Crippen molar-refractivity contribution < 1.29 is 4.79 Å². The van der Waals surface area contributed by atoms with Gasteiger partial charge in [0.2, 0.25) is 0 Å². The predicted molar refractivity (Wildman–Crippen MR) is 95.2 cm³/mol. The highest BCUT2D eigenvalue weighted by Crippen LogP contribution is 2.26. The summed E-state index contributed by atoms with van der Waals surface area (Å²) in [6.45, 7) is 3.80. The van der Waals surface area contributed by atoms with Gasteiger partial charge in [0.25, 0.3) is 17.0 Å². The van der Waals surface area contributed by atoms with Gasteiger partial charge in [-0.1, -0.05) is 0 Å². The van der Waals surface area contributed by atoms with E-state index in [0.717, 1.165) is 0 Å². The molecular weight excluding hydrogens is 342 g/mol. The van der Waals surface area contributed by atoms with E-state index in [4.69, 9.17) is 0 Å². The third kappa shape index (κ3) is 3.36. The Labute approximate surface area is 146 Å². The molecular formula is C16H17N5O3S. The fraction of sp³-hybridized carbons (Fsp3) is 0.312. The third-order valence-electron chi connectivity index (χ3n) is 3.80. The van der Waals surface area contributed by atoms with E-state index in [9.17, 15) is 14.4 Å². The van der Waals surface area contributed by atoms with Crippen molar-refractivity contribution in [3.8, 4) is 0 Å². The first kappa shape index (κ1) is 17.0. The number of amides is 1. The summed E-state index contributed by atoms with van der Waals surface area (Å²) >= 11 is 1.20. The number of hydrogen-bond acceptors (Lipinski definition) is 6. The van der Waals surface area contributed by atoms with Crippen molar-refractivity contribution in [2.75, 3.05) is 6.54 Å². The molecule has 0 saturated heterocycles. The molecule has 3 aromatic rings. The number of nitrogens with one attached hydrogen (secondary N) is 2. The molecule has 3 aromatic heterocycles. The maximum absolute atomic E-state index is 12.4. The van der Waals surface area contributed by atoms with E-state index in [1.807, 2.05) is 0 Å². The summed E-state index contributed by atoms with van der Waals surface area (Å²) in [5.41, 5.74) is 0.874. The fourth-order valence-electron chi connectivity index (χ4n) is 2.58. The molecule has 0 fully saturated rings. The molecule has 0 aliphatic heterocycles. The minimum Gasteiger partial charge on any atom is -0.351 e. The zero-order chi connectivity index (χ0) is 18.1. The summed E-state index contributed by atoms with van der Waals surface area (Å²) in [5, 5.41) is 3.28. The van der Waals surface area contributed by atoms with Crippen LogP contribution in [0, 0.1) is 13.8 Å². The molecule has 1 amide bonds. The number of hydrogen-bond donors (Lipinski definition) is 2.